The molecule has 1 saturated heterocycles. The van der Waals surface area contributed by atoms with Gasteiger partial charge in [0.15, 0.2) is 0 Å². The van der Waals surface area contributed by atoms with Crippen molar-refractivity contribution in [2.75, 3.05) is 19.8 Å². The van der Waals surface area contributed by atoms with Crippen molar-refractivity contribution < 1.29 is 4.74 Å². The van der Waals surface area contributed by atoms with Crippen LogP contribution in [0.25, 0.3) is 0 Å². The summed E-state index contributed by atoms with van der Waals surface area (Å²) in [6, 6.07) is 2.50. The normalized spacial score (nSPS) is 19.9. The lowest BCUT2D eigenvalue weighted by molar-refractivity contribution is 0.0532. The van der Waals surface area contributed by atoms with Gasteiger partial charge in [-0.1, -0.05) is 6.92 Å². The molecule has 90 valence electrons. The summed E-state index contributed by atoms with van der Waals surface area (Å²) >= 11 is 0. The number of rotatable bonds is 4. The van der Waals surface area contributed by atoms with E-state index in [4.69, 9.17) is 4.74 Å². The minimum atomic E-state index is 0.384. The largest absolute Gasteiger partial charge is 0.381 e. The lowest BCUT2D eigenvalue weighted by atomic mass is 9.90. The first-order valence-corrected chi connectivity index (χ1v) is 6.12. The minimum Gasteiger partial charge on any atom is -0.381 e. The summed E-state index contributed by atoms with van der Waals surface area (Å²) in [4.78, 5) is 0. The number of nitrogens with zero attached hydrogens (tertiary/aromatic N) is 2. The summed E-state index contributed by atoms with van der Waals surface area (Å²) in [6.07, 6.45) is 4.28. The maximum atomic E-state index is 5.42. The Morgan fingerprint density at radius 3 is 2.88 bits per heavy atom. The maximum Gasteiger partial charge on any atom is 0.0796 e. The molecule has 1 unspecified atom stereocenters. The molecule has 1 N–H and O–H groups in total. The third-order valence-corrected chi connectivity index (χ3v) is 3.21. The molecule has 1 aliphatic rings. The van der Waals surface area contributed by atoms with Gasteiger partial charge >= 0.3 is 0 Å². The Hall–Kier alpha value is -0.870. The van der Waals surface area contributed by atoms with E-state index in [1.54, 1.807) is 0 Å². The molecule has 0 amide bonds. The van der Waals surface area contributed by atoms with Crippen LogP contribution in [0, 0.1) is 5.92 Å². The molecule has 0 saturated carbocycles. The van der Waals surface area contributed by atoms with Crippen LogP contribution in [-0.2, 0) is 11.8 Å². The Kier molecular flexibility index (Phi) is 3.96. The fourth-order valence-corrected chi connectivity index (χ4v) is 2.38. The van der Waals surface area contributed by atoms with Crippen molar-refractivity contribution in [1.82, 2.24) is 15.1 Å². The Morgan fingerprint density at radius 2 is 2.31 bits per heavy atom. The van der Waals surface area contributed by atoms with E-state index in [1.807, 2.05) is 17.9 Å². The zero-order valence-corrected chi connectivity index (χ0v) is 10.1. The zero-order chi connectivity index (χ0) is 11.4. The molecule has 1 aliphatic heterocycles. The van der Waals surface area contributed by atoms with Gasteiger partial charge in [0.2, 0.25) is 0 Å². The predicted molar refractivity (Wildman–Crippen MR) is 63.2 cm³/mol. The van der Waals surface area contributed by atoms with Gasteiger partial charge in [0.1, 0.15) is 0 Å². The van der Waals surface area contributed by atoms with E-state index in [-0.39, 0.29) is 0 Å². The average molecular weight is 223 g/mol. The number of ether oxygens (including phenoxy) is 1. The van der Waals surface area contributed by atoms with Gasteiger partial charge in [0.25, 0.3) is 0 Å². The van der Waals surface area contributed by atoms with E-state index >= 15 is 0 Å². The SMILES string of the molecule is CCNC(c1ccn(C)n1)C1CCOCC1. The highest BCUT2D eigenvalue weighted by atomic mass is 16.5. The van der Waals surface area contributed by atoms with Crippen LogP contribution in [0.3, 0.4) is 0 Å². The quantitative estimate of drug-likeness (QED) is 0.840. The highest BCUT2D eigenvalue weighted by molar-refractivity contribution is 5.07. The lowest BCUT2D eigenvalue weighted by Crippen LogP contribution is -2.32. The van der Waals surface area contributed by atoms with Gasteiger partial charge < -0.3 is 10.1 Å². The van der Waals surface area contributed by atoms with Crippen molar-refractivity contribution in [3.8, 4) is 0 Å². The highest BCUT2D eigenvalue weighted by Gasteiger charge is 2.26. The standard InChI is InChI=1S/C12H21N3O/c1-3-13-12(10-5-8-16-9-6-10)11-4-7-15(2)14-11/h4,7,10,12-13H,3,5-6,8-9H2,1-2H3. The summed E-state index contributed by atoms with van der Waals surface area (Å²) in [6.45, 7) is 4.91. The summed E-state index contributed by atoms with van der Waals surface area (Å²) in [7, 11) is 1.97. The molecule has 0 radical (unpaired) electrons. The molecule has 1 fully saturated rings. The van der Waals surface area contributed by atoms with Crippen LogP contribution in [0.2, 0.25) is 0 Å². The number of hydrogen-bond donors (Lipinski definition) is 1. The average Bonchev–Trinajstić information content (AvgIpc) is 2.74. The monoisotopic (exact) mass is 223 g/mol. The maximum absolute atomic E-state index is 5.42. The Bertz CT molecular complexity index is 318. The van der Waals surface area contributed by atoms with E-state index in [0.717, 1.165) is 38.3 Å². The van der Waals surface area contributed by atoms with Gasteiger partial charge in [-0.3, -0.25) is 4.68 Å². The van der Waals surface area contributed by atoms with Crippen LogP contribution >= 0.6 is 0 Å². The van der Waals surface area contributed by atoms with Crippen molar-refractivity contribution in [2.45, 2.75) is 25.8 Å². The van der Waals surface area contributed by atoms with Crippen molar-refractivity contribution >= 4 is 0 Å². The van der Waals surface area contributed by atoms with Crippen LogP contribution < -0.4 is 5.32 Å². The van der Waals surface area contributed by atoms with Crippen LogP contribution in [0.5, 0.6) is 0 Å². The summed E-state index contributed by atoms with van der Waals surface area (Å²) in [5, 5.41) is 8.07. The molecule has 1 aromatic rings. The molecule has 2 rings (SSSR count). The first kappa shape index (κ1) is 11.6. The zero-order valence-electron chi connectivity index (χ0n) is 10.1. The molecule has 4 heteroatoms. The molecule has 4 nitrogen and oxygen atoms in total. The lowest BCUT2D eigenvalue weighted by Gasteiger charge is -2.29. The number of hydrogen-bond acceptors (Lipinski definition) is 3. The van der Waals surface area contributed by atoms with E-state index in [9.17, 15) is 0 Å². The minimum absolute atomic E-state index is 0.384. The van der Waals surface area contributed by atoms with Gasteiger partial charge in [-0.05, 0) is 31.4 Å². The third-order valence-electron chi connectivity index (χ3n) is 3.21. The van der Waals surface area contributed by atoms with Crippen LogP contribution in [0.15, 0.2) is 12.3 Å². The van der Waals surface area contributed by atoms with E-state index < -0.39 is 0 Å². The topological polar surface area (TPSA) is 39.1 Å². The number of aryl methyl sites for hydroxylation is 1. The Balaban J connectivity index is 2.09. The molecular formula is C12H21N3O. The van der Waals surface area contributed by atoms with Crippen LogP contribution in [-0.4, -0.2) is 29.5 Å². The summed E-state index contributed by atoms with van der Waals surface area (Å²) < 4.78 is 7.29. The number of nitrogens with one attached hydrogen (secondary N) is 1. The smallest absolute Gasteiger partial charge is 0.0796 e. The van der Waals surface area contributed by atoms with Crippen LogP contribution in [0.1, 0.15) is 31.5 Å². The fourth-order valence-electron chi connectivity index (χ4n) is 2.38. The van der Waals surface area contributed by atoms with Crippen molar-refractivity contribution in [3.63, 3.8) is 0 Å². The molecule has 2 heterocycles. The molecule has 1 atom stereocenters. The first-order chi connectivity index (χ1) is 7.81. The predicted octanol–water partition coefficient (Wildman–Crippen LogP) is 1.50. The molecule has 16 heavy (non-hydrogen) atoms. The molecule has 0 aromatic carbocycles. The van der Waals surface area contributed by atoms with E-state index in [2.05, 4.69) is 23.4 Å². The third kappa shape index (κ3) is 2.62. The van der Waals surface area contributed by atoms with Gasteiger partial charge in [-0.2, -0.15) is 5.10 Å². The van der Waals surface area contributed by atoms with Gasteiger partial charge in [-0.15, -0.1) is 0 Å². The number of aromatic nitrogens is 2. The van der Waals surface area contributed by atoms with Crippen LogP contribution in [0.4, 0.5) is 0 Å². The van der Waals surface area contributed by atoms with Gasteiger partial charge in [0.05, 0.1) is 11.7 Å². The van der Waals surface area contributed by atoms with Crippen molar-refractivity contribution in [3.05, 3.63) is 18.0 Å². The van der Waals surface area contributed by atoms with Crippen molar-refractivity contribution in [1.29, 1.82) is 0 Å². The molecule has 1 aromatic heterocycles. The van der Waals surface area contributed by atoms with E-state index in [0.29, 0.717) is 12.0 Å². The second kappa shape index (κ2) is 5.46. The second-order valence-electron chi connectivity index (χ2n) is 4.40. The second-order valence-corrected chi connectivity index (χ2v) is 4.40. The molecule has 0 bridgehead atoms. The van der Waals surface area contributed by atoms with Crippen molar-refractivity contribution in [2.24, 2.45) is 13.0 Å². The molecule has 0 aliphatic carbocycles. The summed E-state index contributed by atoms with van der Waals surface area (Å²) in [5.74, 6) is 0.656. The Labute approximate surface area is 97.0 Å². The van der Waals surface area contributed by atoms with Gasteiger partial charge in [-0.25, -0.2) is 0 Å². The molecule has 0 spiro atoms. The first-order valence-electron chi connectivity index (χ1n) is 6.12. The fraction of sp³-hybridized carbons (Fsp3) is 0.750. The van der Waals surface area contributed by atoms with Gasteiger partial charge in [0, 0.05) is 26.5 Å². The van der Waals surface area contributed by atoms with E-state index in [1.165, 1.54) is 0 Å². The Morgan fingerprint density at radius 1 is 1.56 bits per heavy atom. The molecular weight excluding hydrogens is 202 g/mol. The summed E-state index contributed by atoms with van der Waals surface area (Å²) in [5.41, 5.74) is 1.16. The highest BCUT2D eigenvalue weighted by Crippen LogP contribution is 2.28.